The van der Waals surface area contributed by atoms with E-state index in [9.17, 15) is 14.9 Å². The summed E-state index contributed by atoms with van der Waals surface area (Å²) in [4.78, 5) is 27.3. The molecule has 3 aromatic rings. The van der Waals surface area contributed by atoms with E-state index >= 15 is 0 Å². The molecule has 0 saturated carbocycles. The van der Waals surface area contributed by atoms with Crippen molar-refractivity contribution in [1.29, 1.82) is 0 Å². The normalized spacial score (nSPS) is 10.2. The van der Waals surface area contributed by atoms with Crippen LogP contribution in [-0.2, 0) is 0 Å². The summed E-state index contributed by atoms with van der Waals surface area (Å²) in [6, 6.07) is 11.3. The van der Waals surface area contributed by atoms with Crippen molar-refractivity contribution in [2.75, 3.05) is 19.5 Å². The fraction of sp³-hybridized carbons (Fsp3) is 0.105. The van der Waals surface area contributed by atoms with Crippen LogP contribution in [0.5, 0.6) is 11.5 Å². The SMILES string of the molecule is COc1ccc(-c2csc(NC(=S)NC(=O)c3ccc(OC)c([N+](=O)[O-])c3)n2)cc1. The molecule has 1 amide bonds. The minimum atomic E-state index is -0.623. The zero-order valence-electron chi connectivity index (χ0n) is 15.9. The molecule has 2 N–H and O–H groups in total. The van der Waals surface area contributed by atoms with Gasteiger partial charge in [-0.2, -0.15) is 0 Å². The molecular weight excluding hydrogens is 428 g/mol. The second kappa shape index (κ2) is 9.29. The zero-order valence-corrected chi connectivity index (χ0v) is 17.5. The molecule has 0 saturated heterocycles. The Kier molecular flexibility index (Phi) is 6.54. The van der Waals surface area contributed by atoms with E-state index in [4.69, 9.17) is 21.7 Å². The summed E-state index contributed by atoms with van der Waals surface area (Å²) in [6.45, 7) is 0. The number of hydrogen-bond donors (Lipinski definition) is 2. The number of nitro groups is 1. The first kappa shape index (κ1) is 21.1. The topological polar surface area (TPSA) is 116 Å². The summed E-state index contributed by atoms with van der Waals surface area (Å²) in [5.74, 6) is 0.214. The highest BCUT2D eigenvalue weighted by atomic mass is 32.1. The van der Waals surface area contributed by atoms with Crippen LogP contribution in [0.2, 0.25) is 0 Å². The number of thiazole rings is 1. The number of rotatable bonds is 6. The third-order valence-electron chi connectivity index (χ3n) is 3.98. The van der Waals surface area contributed by atoms with Crippen molar-refractivity contribution in [2.45, 2.75) is 0 Å². The third-order valence-corrected chi connectivity index (χ3v) is 4.94. The van der Waals surface area contributed by atoms with E-state index in [0.29, 0.717) is 5.13 Å². The van der Waals surface area contributed by atoms with E-state index in [-0.39, 0.29) is 22.1 Å². The summed E-state index contributed by atoms with van der Waals surface area (Å²) in [6.07, 6.45) is 0. The van der Waals surface area contributed by atoms with Crippen molar-refractivity contribution in [3.05, 3.63) is 63.5 Å². The highest BCUT2D eigenvalue weighted by molar-refractivity contribution is 7.80. The van der Waals surface area contributed by atoms with Crippen LogP contribution in [0.4, 0.5) is 10.8 Å². The first-order valence-corrected chi connectivity index (χ1v) is 9.74. The Hall–Kier alpha value is -3.57. The van der Waals surface area contributed by atoms with Gasteiger partial charge in [-0.15, -0.1) is 11.3 Å². The van der Waals surface area contributed by atoms with Crippen LogP contribution in [0.1, 0.15) is 10.4 Å². The maximum absolute atomic E-state index is 12.4. The maximum Gasteiger partial charge on any atom is 0.311 e. The van der Waals surface area contributed by atoms with Crippen molar-refractivity contribution < 1.29 is 19.2 Å². The lowest BCUT2D eigenvalue weighted by atomic mass is 10.2. The van der Waals surface area contributed by atoms with E-state index in [0.717, 1.165) is 23.1 Å². The van der Waals surface area contributed by atoms with Gasteiger partial charge in [0.05, 0.1) is 24.8 Å². The average molecular weight is 444 g/mol. The van der Waals surface area contributed by atoms with Crippen molar-refractivity contribution in [3.8, 4) is 22.8 Å². The lowest BCUT2D eigenvalue weighted by Crippen LogP contribution is -2.34. The number of carbonyl (C=O) groups excluding carboxylic acids is 1. The zero-order chi connectivity index (χ0) is 21.7. The fourth-order valence-electron chi connectivity index (χ4n) is 2.50. The Morgan fingerprint density at radius 3 is 2.53 bits per heavy atom. The number of carbonyl (C=O) groups is 1. The van der Waals surface area contributed by atoms with Gasteiger partial charge in [0.25, 0.3) is 5.91 Å². The fourth-order valence-corrected chi connectivity index (χ4v) is 3.48. The van der Waals surface area contributed by atoms with Gasteiger partial charge in [0.2, 0.25) is 0 Å². The Bertz CT molecular complexity index is 1100. The molecule has 0 fully saturated rings. The lowest BCUT2D eigenvalue weighted by molar-refractivity contribution is -0.385. The summed E-state index contributed by atoms with van der Waals surface area (Å²) in [7, 11) is 2.91. The van der Waals surface area contributed by atoms with Gasteiger partial charge >= 0.3 is 5.69 Å². The number of nitrogens with one attached hydrogen (secondary N) is 2. The van der Waals surface area contributed by atoms with Crippen LogP contribution in [0.3, 0.4) is 0 Å². The van der Waals surface area contributed by atoms with Crippen LogP contribution in [-0.4, -0.2) is 35.1 Å². The molecule has 0 atom stereocenters. The number of aromatic nitrogens is 1. The van der Waals surface area contributed by atoms with Gasteiger partial charge in [-0.1, -0.05) is 0 Å². The number of ether oxygens (including phenoxy) is 2. The molecule has 0 aliphatic heterocycles. The van der Waals surface area contributed by atoms with Crippen LogP contribution in [0.25, 0.3) is 11.3 Å². The molecule has 9 nitrogen and oxygen atoms in total. The molecule has 1 aromatic heterocycles. The predicted octanol–water partition coefficient (Wildman–Crippen LogP) is 3.86. The third kappa shape index (κ3) is 4.88. The largest absolute Gasteiger partial charge is 0.497 e. The maximum atomic E-state index is 12.4. The van der Waals surface area contributed by atoms with Crippen molar-refractivity contribution in [2.24, 2.45) is 0 Å². The van der Waals surface area contributed by atoms with Gasteiger partial charge in [-0.25, -0.2) is 4.98 Å². The molecule has 30 heavy (non-hydrogen) atoms. The van der Waals surface area contributed by atoms with E-state index < -0.39 is 10.8 Å². The molecule has 154 valence electrons. The van der Waals surface area contributed by atoms with Crippen LogP contribution in [0, 0.1) is 10.1 Å². The van der Waals surface area contributed by atoms with E-state index in [1.165, 1.54) is 30.6 Å². The molecular formula is C19H16N4O5S2. The van der Waals surface area contributed by atoms with Gasteiger partial charge < -0.3 is 14.8 Å². The summed E-state index contributed by atoms with van der Waals surface area (Å²) < 4.78 is 10.1. The number of benzene rings is 2. The molecule has 3 rings (SSSR count). The summed E-state index contributed by atoms with van der Waals surface area (Å²) in [5, 5.41) is 18.8. The molecule has 2 aromatic carbocycles. The van der Waals surface area contributed by atoms with Crippen molar-refractivity contribution in [3.63, 3.8) is 0 Å². The molecule has 0 radical (unpaired) electrons. The lowest BCUT2D eigenvalue weighted by Gasteiger charge is -2.08. The molecule has 0 aliphatic carbocycles. The Morgan fingerprint density at radius 1 is 1.17 bits per heavy atom. The smallest absolute Gasteiger partial charge is 0.311 e. The molecule has 0 unspecified atom stereocenters. The second-order valence-electron chi connectivity index (χ2n) is 5.82. The molecule has 0 aliphatic rings. The first-order chi connectivity index (χ1) is 14.4. The quantitative estimate of drug-likeness (QED) is 0.334. The minimum absolute atomic E-state index is 0.0223. The second-order valence-corrected chi connectivity index (χ2v) is 7.08. The van der Waals surface area contributed by atoms with Gasteiger partial charge in [0.1, 0.15) is 5.75 Å². The van der Waals surface area contributed by atoms with Gasteiger partial charge in [-0.05, 0) is 48.6 Å². The van der Waals surface area contributed by atoms with Crippen molar-refractivity contribution in [1.82, 2.24) is 10.3 Å². The Labute approximate surface area is 180 Å². The van der Waals surface area contributed by atoms with Gasteiger partial charge in [-0.3, -0.25) is 20.2 Å². The van der Waals surface area contributed by atoms with E-state index in [2.05, 4.69) is 15.6 Å². The number of thiocarbonyl (C=S) groups is 1. The van der Waals surface area contributed by atoms with E-state index in [1.54, 1.807) is 7.11 Å². The molecule has 0 bridgehead atoms. The van der Waals surface area contributed by atoms with Crippen LogP contribution >= 0.6 is 23.6 Å². The molecule has 11 heteroatoms. The standard InChI is InChI=1S/C19H16N4O5S2/c1-27-13-6-3-11(4-7-13)14-10-30-19(20-14)22-18(29)21-17(24)12-5-8-16(28-2)15(9-12)23(25)26/h3-10H,1-2H3,(H2,20,21,22,24,29). The first-order valence-electron chi connectivity index (χ1n) is 8.46. The average Bonchev–Trinajstić information content (AvgIpc) is 3.21. The van der Waals surface area contributed by atoms with Gasteiger partial charge in [0.15, 0.2) is 16.0 Å². The predicted molar refractivity (Wildman–Crippen MR) is 117 cm³/mol. The highest BCUT2D eigenvalue weighted by Crippen LogP contribution is 2.28. The van der Waals surface area contributed by atoms with Crippen LogP contribution in [0.15, 0.2) is 47.8 Å². The molecule has 1 heterocycles. The van der Waals surface area contributed by atoms with Crippen molar-refractivity contribution >= 4 is 45.4 Å². The van der Waals surface area contributed by atoms with Gasteiger partial charge in [0, 0.05) is 22.6 Å². The van der Waals surface area contributed by atoms with E-state index in [1.807, 2.05) is 29.6 Å². The minimum Gasteiger partial charge on any atom is -0.497 e. The summed E-state index contributed by atoms with van der Waals surface area (Å²) >= 11 is 6.47. The number of nitro benzene ring substituents is 1. The molecule has 0 spiro atoms. The number of methoxy groups -OCH3 is 2. The number of anilines is 1. The monoisotopic (exact) mass is 444 g/mol. The Balaban J connectivity index is 1.66. The number of hydrogen-bond acceptors (Lipinski definition) is 8. The number of nitrogens with zero attached hydrogens (tertiary/aromatic N) is 2. The van der Waals surface area contributed by atoms with Crippen LogP contribution < -0.4 is 20.1 Å². The highest BCUT2D eigenvalue weighted by Gasteiger charge is 2.19. The Morgan fingerprint density at radius 2 is 1.90 bits per heavy atom. The summed E-state index contributed by atoms with van der Waals surface area (Å²) in [5.41, 5.74) is 1.41. The number of amides is 1.